The summed E-state index contributed by atoms with van der Waals surface area (Å²) in [4.78, 5) is 37.5. The lowest BCUT2D eigenvalue weighted by atomic mass is 9.95. The van der Waals surface area contributed by atoms with E-state index in [0.717, 1.165) is 45.9 Å². The first-order valence-electron chi connectivity index (χ1n) is 14.3. The number of carbonyl (C=O) groups excluding carboxylic acids is 2. The maximum Gasteiger partial charge on any atom is 0.414 e. The Kier molecular flexibility index (Phi) is 8.71. The van der Waals surface area contributed by atoms with Gasteiger partial charge in [0.1, 0.15) is 28.6 Å². The highest BCUT2D eigenvalue weighted by molar-refractivity contribution is 5.88. The number of amides is 2. The molecule has 0 unspecified atom stereocenters. The number of carbonyl (C=O) groups is 2. The summed E-state index contributed by atoms with van der Waals surface area (Å²) in [5.41, 5.74) is 2.53. The molecule has 0 saturated heterocycles. The summed E-state index contributed by atoms with van der Waals surface area (Å²) in [6.07, 6.45) is 3.21. The Morgan fingerprint density at radius 3 is 2.43 bits per heavy atom. The maximum atomic E-state index is 15.1. The second-order valence-electron chi connectivity index (χ2n) is 12.7. The molecule has 42 heavy (non-hydrogen) atoms. The van der Waals surface area contributed by atoms with Gasteiger partial charge < -0.3 is 24.4 Å². The zero-order valence-electron chi connectivity index (χ0n) is 26.1. The quantitative estimate of drug-likeness (QED) is 0.424. The van der Waals surface area contributed by atoms with Crippen LogP contribution in [-0.4, -0.2) is 65.0 Å². The molecule has 228 valence electrons. The third-order valence-electron chi connectivity index (χ3n) is 6.84. The number of halogens is 1. The normalized spacial score (nSPS) is 15.3. The van der Waals surface area contributed by atoms with E-state index in [1.165, 1.54) is 13.1 Å². The largest absolute Gasteiger partial charge is 0.491 e. The molecule has 2 aliphatic heterocycles. The van der Waals surface area contributed by atoms with Gasteiger partial charge >= 0.3 is 12.2 Å². The third kappa shape index (κ3) is 7.11. The lowest BCUT2D eigenvalue weighted by Gasteiger charge is -2.25. The SMILES string of the molecule is Cc1nc(Nc2nc3c(c(C4=CCN(C(=O)OC(C)(C)C)CCC4)c2C)OCC3)cc(N(C)C(=O)OC(C)(C)C)c1F. The van der Waals surface area contributed by atoms with Crippen molar-refractivity contribution in [1.82, 2.24) is 14.9 Å². The Balaban J connectivity index is 1.67. The summed E-state index contributed by atoms with van der Waals surface area (Å²) < 4.78 is 32.2. The van der Waals surface area contributed by atoms with Crippen LogP contribution in [0.15, 0.2) is 12.1 Å². The third-order valence-corrected chi connectivity index (χ3v) is 6.84. The number of rotatable bonds is 4. The average Bonchev–Trinajstić information content (AvgIpc) is 3.18. The van der Waals surface area contributed by atoms with Crippen LogP contribution in [0.5, 0.6) is 5.75 Å². The van der Waals surface area contributed by atoms with Gasteiger partial charge in [0, 0.05) is 43.8 Å². The van der Waals surface area contributed by atoms with Crippen molar-refractivity contribution >= 4 is 35.1 Å². The highest BCUT2D eigenvalue weighted by Gasteiger charge is 2.29. The summed E-state index contributed by atoms with van der Waals surface area (Å²) in [6.45, 7) is 15.8. The van der Waals surface area contributed by atoms with Crippen molar-refractivity contribution in [2.75, 3.05) is 37.0 Å². The molecule has 2 aromatic rings. The highest BCUT2D eigenvalue weighted by atomic mass is 19.1. The number of fused-ring (bicyclic) bond motifs is 1. The van der Waals surface area contributed by atoms with Crippen LogP contribution in [0.1, 0.15) is 76.9 Å². The molecular weight excluding hydrogens is 541 g/mol. The fourth-order valence-corrected chi connectivity index (χ4v) is 4.88. The number of hydrogen-bond acceptors (Lipinski definition) is 8. The molecule has 4 heterocycles. The molecule has 0 saturated carbocycles. The number of ether oxygens (including phenoxy) is 3. The van der Waals surface area contributed by atoms with E-state index in [1.807, 2.05) is 27.7 Å². The van der Waals surface area contributed by atoms with E-state index >= 15 is 4.39 Å². The molecule has 0 bridgehead atoms. The summed E-state index contributed by atoms with van der Waals surface area (Å²) in [5, 5.41) is 3.27. The number of hydrogen-bond donors (Lipinski definition) is 1. The van der Waals surface area contributed by atoms with Crippen LogP contribution in [0.4, 0.5) is 31.3 Å². The van der Waals surface area contributed by atoms with Crippen LogP contribution in [0.25, 0.3) is 5.57 Å². The Bertz CT molecular complexity index is 1410. The first-order valence-corrected chi connectivity index (χ1v) is 14.3. The fourth-order valence-electron chi connectivity index (χ4n) is 4.88. The van der Waals surface area contributed by atoms with Gasteiger partial charge in [0.15, 0.2) is 5.82 Å². The second kappa shape index (κ2) is 11.8. The Morgan fingerprint density at radius 2 is 1.76 bits per heavy atom. The van der Waals surface area contributed by atoms with Crippen LogP contribution in [0.2, 0.25) is 0 Å². The number of aromatic nitrogens is 2. The van der Waals surface area contributed by atoms with Crippen LogP contribution < -0.4 is 15.0 Å². The van der Waals surface area contributed by atoms with E-state index in [4.69, 9.17) is 19.2 Å². The minimum absolute atomic E-state index is 0.0373. The molecule has 0 aliphatic carbocycles. The van der Waals surface area contributed by atoms with Gasteiger partial charge in [-0.2, -0.15) is 0 Å². The maximum absolute atomic E-state index is 15.1. The topological polar surface area (TPSA) is 106 Å². The molecular formula is C31H42FN5O5. The fraction of sp³-hybridized carbons (Fsp3) is 0.548. The molecule has 0 aromatic carbocycles. The van der Waals surface area contributed by atoms with Crippen LogP contribution in [0, 0.1) is 19.7 Å². The molecule has 0 radical (unpaired) electrons. The minimum Gasteiger partial charge on any atom is -0.491 e. The summed E-state index contributed by atoms with van der Waals surface area (Å²) >= 11 is 0. The Labute approximate surface area is 247 Å². The van der Waals surface area contributed by atoms with Gasteiger partial charge in [-0.3, -0.25) is 4.90 Å². The molecule has 2 amide bonds. The number of aryl methyl sites for hydroxylation is 1. The zero-order chi connectivity index (χ0) is 31.0. The van der Waals surface area contributed by atoms with Gasteiger partial charge in [-0.15, -0.1) is 0 Å². The monoisotopic (exact) mass is 583 g/mol. The number of nitrogens with zero attached hydrogens (tertiary/aromatic N) is 4. The van der Waals surface area contributed by atoms with Crippen molar-refractivity contribution in [2.45, 2.75) is 85.9 Å². The van der Waals surface area contributed by atoms with Gasteiger partial charge in [0.2, 0.25) is 0 Å². The molecule has 0 fully saturated rings. The van der Waals surface area contributed by atoms with E-state index < -0.39 is 23.1 Å². The van der Waals surface area contributed by atoms with E-state index in [1.54, 1.807) is 32.6 Å². The standard InChI is InChI=1S/C31H42FN5O5/c1-18-24(20-11-10-14-37(15-12-20)29(39)42-31(6,7)8)26-21(13-16-40-26)34-27(18)35-23-17-22(25(32)19(2)33-23)36(9)28(38)41-30(3,4)5/h12,17H,10-11,13-16H2,1-9H3,(H,33,34,35). The molecule has 11 heteroatoms. The smallest absolute Gasteiger partial charge is 0.414 e. The average molecular weight is 584 g/mol. The molecule has 0 atom stereocenters. The number of anilines is 3. The predicted octanol–water partition coefficient (Wildman–Crippen LogP) is 6.70. The van der Waals surface area contributed by atoms with Gasteiger partial charge in [-0.1, -0.05) is 6.08 Å². The first kappa shape index (κ1) is 31.1. The van der Waals surface area contributed by atoms with Crippen molar-refractivity contribution < 1.29 is 28.2 Å². The van der Waals surface area contributed by atoms with Crippen molar-refractivity contribution in [3.8, 4) is 5.75 Å². The van der Waals surface area contributed by atoms with Gasteiger partial charge in [-0.05, 0) is 73.8 Å². The van der Waals surface area contributed by atoms with E-state index in [2.05, 4.69) is 16.4 Å². The highest BCUT2D eigenvalue weighted by Crippen LogP contribution is 2.41. The van der Waals surface area contributed by atoms with E-state index in [9.17, 15) is 9.59 Å². The Morgan fingerprint density at radius 1 is 1.07 bits per heavy atom. The summed E-state index contributed by atoms with van der Waals surface area (Å²) in [7, 11) is 1.46. The van der Waals surface area contributed by atoms with Gasteiger partial charge in [0.25, 0.3) is 0 Å². The zero-order valence-corrected chi connectivity index (χ0v) is 26.1. The minimum atomic E-state index is -0.731. The van der Waals surface area contributed by atoms with Gasteiger partial charge in [0.05, 0.1) is 23.7 Å². The van der Waals surface area contributed by atoms with Crippen molar-refractivity contribution in [3.05, 3.63) is 40.5 Å². The predicted molar refractivity (Wildman–Crippen MR) is 160 cm³/mol. The van der Waals surface area contributed by atoms with Crippen molar-refractivity contribution in [2.24, 2.45) is 0 Å². The molecule has 2 aromatic heterocycles. The first-order chi connectivity index (χ1) is 19.5. The molecule has 10 nitrogen and oxygen atoms in total. The lowest BCUT2D eigenvalue weighted by Crippen LogP contribution is -2.37. The molecule has 0 spiro atoms. The Hall–Kier alpha value is -3.89. The molecule has 1 N–H and O–H groups in total. The molecule has 2 aliphatic rings. The number of nitrogens with one attached hydrogen (secondary N) is 1. The number of pyridine rings is 2. The van der Waals surface area contributed by atoms with Crippen LogP contribution >= 0.6 is 0 Å². The molecule has 4 rings (SSSR count). The van der Waals surface area contributed by atoms with E-state index in [0.29, 0.717) is 37.8 Å². The van der Waals surface area contributed by atoms with Crippen molar-refractivity contribution in [1.29, 1.82) is 0 Å². The van der Waals surface area contributed by atoms with E-state index in [-0.39, 0.29) is 17.5 Å². The van der Waals surface area contributed by atoms with Crippen molar-refractivity contribution in [3.63, 3.8) is 0 Å². The van der Waals surface area contributed by atoms with Crippen LogP contribution in [-0.2, 0) is 15.9 Å². The van der Waals surface area contributed by atoms with Gasteiger partial charge in [-0.25, -0.2) is 23.9 Å². The second-order valence-corrected chi connectivity index (χ2v) is 12.7. The summed E-state index contributed by atoms with van der Waals surface area (Å²) in [6, 6.07) is 1.47. The van der Waals surface area contributed by atoms with Crippen LogP contribution in [0.3, 0.4) is 0 Å². The lowest BCUT2D eigenvalue weighted by molar-refractivity contribution is 0.0273. The number of allylic oxidation sites excluding steroid dienone is 1. The summed E-state index contributed by atoms with van der Waals surface area (Å²) in [5.74, 6) is 1.04.